The molecule has 1 aromatic rings. The lowest BCUT2D eigenvalue weighted by molar-refractivity contribution is -0.147. The molecule has 140 valence electrons. The van der Waals surface area contributed by atoms with Crippen molar-refractivity contribution >= 4 is 11.8 Å². The summed E-state index contributed by atoms with van der Waals surface area (Å²) in [6.07, 6.45) is 7.59. The summed E-state index contributed by atoms with van der Waals surface area (Å²) in [7, 11) is 0. The molecule has 0 radical (unpaired) electrons. The Morgan fingerprint density at radius 3 is 2.12 bits per heavy atom. The fourth-order valence-corrected chi connectivity index (χ4v) is 5.80. The Bertz CT molecular complexity index is 650. The van der Waals surface area contributed by atoms with Crippen molar-refractivity contribution in [3.63, 3.8) is 0 Å². The molecule has 4 fully saturated rings. The third-order valence-corrected chi connectivity index (χ3v) is 6.58. The highest BCUT2D eigenvalue weighted by Crippen LogP contribution is 2.60. The maximum Gasteiger partial charge on any atom is 0.239 e. The van der Waals surface area contributed by atoms with Gasteiger partial charge in [0.05, 0.1) is 6.54 Å². The number of rotatable bonds is 6. The molecule has 1 aromatic carbocycles. The van der Waals surface area contributed by atoms with Crippen LogP contribution in [0, 0.1) is 29.0 Å². The van der Waals surface area contributed by atoms with Gasteiger partial charge in [-0.1, -0.05) is 12.1 Å². The number of hydrogen-bond acceptors (Lipinski definition) is 2. The summed E-state index contributed by atoms with van der Waals surface area (Å²) in [6, 6.07) is 6.28. The Hall–Kier alpha value is -1.91. The van der Waals surface area contributed by atoms with Gasteiger partial charge in [-0.2, -0.15) is 0 Å². The van der Waals surface area contributed by atoms with Crippen LogP contribution in [0.15, 0.2) is 24.3 Å². The van der Waals surface area contributed by atoms with Gasteiger partial charge in [-0.05, 0) is 80.4 Å². The van der Waals surface area contributed by atoms with Gasteiger partial charge in [0.25, 0.3) is 0 Å². The molecule has 5 rings (SSSR count). The van der Waals surface area contributed by atoms with E-state index in [1.54, 1.807) is 12.1 Å². The average molecular weight is 358 g/mol. The Morgan fingerprint density at radius 1 is 0.962 bits per heavy atom. The molecule has 0 aliphatic heterocycles. The van der Waals surface area contributed by atoms with Crippen LogP contribution in [0.25, 0.3) is 0 Å². The lowest BCUT2D eigenvalue weighted by atomic mass is 9.49. The van der Waals surface area contributed by atoms with E-state index in [1.165, 1.54) is 31.4 Å². The topological polar surface area (TPSA) is 58.2 Å². The number of amides is 2. The smallest absolute Gasteiger partial charge is 0.239 e. The van der Waals surface area contributed by atoms with Crippen molar-refractivity contribution in [3.05, 3.63) is 35.6 Å². The first-order chi connectivity index (χ1) is 12.5. The zero-order valence-corrected chi connectivity index (χ0v) is 15.1. The van der Waals surface area contributed by atoms with Crippen LogP contribution in [0.5, 0.6) is 0 Å². The number of halogens is 1. The molecule has 0 saturated heterocycles. The molecule has 2 amide bonds. The molecule has 4 aliphatic carbocycles. The van der Waals surface area contributed by atoms with Crippen LogP contribution in [0.4, 0.5) is 4.39 Å². The van der Waals surface area contributed by atoms with Crippen molar-refractivity contribution in [2.75, 3.05) is 13.1 Å². The van der Waals surface area contributed by atoms with Gasteiger partial charge in [0.2, 0.25) is 11.8 Å². The Balaban J connectivity index is 1.22. The Labute approximate surface area is 153 Å². The minimum Gasteiger partial charge on any atom is -0.354 e. The fourth-order valence-electron chi connectivity index (χ4n) is 5.80. The number of carbonyl (C=O) groups is 2. The van der Waals surface area contributed by atoms with Gasteiger partial charge in [0.1, 0.15) is 5.82 Å². The minimum atomic E-state index is -0.259. The summed E-state index contributed by atoms with van der Waals surface area (Å²) in [5.74, 6) is 1.82. The molecular weight excluding hydrogens is 331 g/mol. The summed E-state index contributed by atoms with van der Waals surface area (Å²) in [6.45, 7) is 0.529. The first kappa shape index (κ1) is 17.5. The summed E-state index contributed by atoms with van der Waals surface area (Å²) in [5, 5.41) is 5.72. The second-order valence-corrected chi connectivity index (χ2v) is 8.61. The minimum absolute atomic E-state index is 0.0456. The normalized spacial score (nSPS) is 31.7. The molecule has 4 aliphatic rings. The Morgan fingerprint density at radius 2 is 1.54 bits per heavy atom. The van der Waals surface area contributed by atoms with Crippen molar-refractivity contribution in [2.24, 2.45) is 23.2 Å². The summed E-state index contributed by atoms with van der Waals surface area (Å²) in [5.41, 5.74) is 0.771. The molecular formula is C21H27FN2O2. The first-order valence-electron chi connectivity index (χ1n) is 9.82. The van der Waals surface area contributed by atoms with E-state index in [1.807, 2.05) is 0 Å². The molecule has 26 heavy (non-hydrogen) atoms. The second-order valence-electron chi connectivity index (χ2n) is 8.61. The monoisotopic (exact) mass is 358 g/mol. The van der Waals surface area contributed by atoms with Crippen molar-refractivity contribution in [1.82, 2.24) is 10.6 Å². The zero-order valence-electron chi connectivity index (χ0n) is 15.1. The van der Waals surface area contributed by atoms with Crippen LogP contribution < -0.4 is 10.6 Å². The van der Waals surface area contributed by atoms with Gasteiger partial charge in [-0.25, -0.2) is 4.39 Å². The van der Waals surface area contributed by atoms with E-state index in [4.69, 9.17) is 0 Å². The van der Waals surface area contributed by atoms with E-state index < -0.39 is 0 Å². The summed E-state index contributed by atoms with van der Waals surface area (Å²) < 4.78 is 12.9. The largest absolute Gasteiger partial charge is 0.354 e. The lowest BCUT2D eigenvalue weighted by Crippen LogP contribution is -2.54. The highest BCUT2D eigenvalue weighted by atomic mass is 19.1. The molecule has 2 N–H and O–H groups in total. The van der Waals surface area contributed by atoms with E-state index in [2.05, 4.69) is 10.6 Å². The molecule has 4 saturated carbocycles. The standard InChI is InChI=1S/C21H27FN2O2/c22-18-3-1-14(2-4-18)5-6-23-19(25)13-24-20(26)21-10-15-7-16(11-21)9-17(8-15)12-21/h1-4,15-17H,5-13H2,(H,23,25)(H,24,26). The molecule has 0 atom stereocenters. The quantitative estimate of drug-likeness (QED) is 0.822. The lowest BCUT2D eigenvalue weighted by Gasteiger charge is -2.55. The van der Waals surface area contributed by atoms with E-state index >= 15 is 0 Å². The fraction of sp³-hybridized carbons (Fsp3) is 0.619. The number of hydrogen-bond donors (Lipinski definition) is 2. The maximum absolute atomic E-state index is 12.9. The molecule has 0 spiro atoms. The van der Waals surface area contributed by atoms with Crippen LogP contribution in [-0.2, 0) is 16.0 Å². The molecule has 0 heterocycles. The Kier molecular flexibility index (Phi) is 4.72. The maximum atomic E-state index is 12.9. The van der Waals surface area contributed by atoms with Crippen molar-refractivity contribution in [2.45, 2.75) is 44.9 Å². The third-order valence-electron chi connectivity index (χ3n) is 6.58. The highest BCUT2D eigenvalue weighted by Gasteiger charge is 2.54. The molecule has 4 bridgehead atoms. The van der Waals surface area contributed by atoms with Gasteiger partial charge in [-0.15, -0.1) is 0 Å². The summed E-state index contributed by atoms with van der Waals surface area (Å²) >= 11 is 0. The van der Waals surface area contributed by atoms with E-state index in [0.29, 0.717) is 13.0 Å². The summed E-state index contributed by atoms with van der Waals surface area (Å²) in [4.78, 5) is 24.8. The number of nitrogens with one attached hydrogen (secondary N) is 2. The highest BCUT2D eigenvalue weighted by molar-refractivity contribution is 5.88. The SMILES string of the molecule is O=C(CNC(=O)C12CC3CC(CC(C3)C1)C2)NCCc1ccc(F)cc1. The van der Waals surface area contributed by atoms with E-state index in [0.717, 1.165) is 42.6 Å². The predicted octanol–water partition coefficient (Wildman–Crippen LogP) is 2.82. The van der Waals surface area contributed by atoms with Crippen molar-refractivity contribution < 1.29 is 14.0 Å². The molecule has 5 heteroatoms. The molecule has 0 aromatic heterocycles. The van der Waals surface area contributed by atoms with Gasteiger partial charge >= 0.3 is 0 Å². The third kappa shape index (κ3) is 3.62. The van der Waals surface area contributed by atoms with Crippen LogP contribution in [0.2, 0.25) is 0 Å². The number of carbonyl (C=O) groups excluding carboxylic acids is 2. The van der Waals surface area contributed by atoms with E-state index in [-0.39, 0.29) is 29.6 Å². The van der Waals surface area contributed by atoms with Crippen LogP contribution in [0.1, 0.15) is 44.1 Å². The molecule has 4 nitrogen and oxygen atoms in total. The van der Waals surface area contributed by atoms with Gasteiger partial charge in [0.15, 0.2) is 0 Å². The van der Waals surface area contributed by atoms with Crippen LogP contribution in [-0.4, -0.2) is 24.9 Å². The zero-order chi connectivity index (χ0) is 18.1. The van der Waals surface area contributed by atoms with Crippen molar-refractivity contribution in [1.29, 1.82) is 0 Å². The van der Waals surface area contributed by atoms with Crippen LogP contribution >= 0.6 is 0 Å². The first-order valence-corrected chi connectivity index (χ1v) is 9.82. The van der Waals surface area contributed by atoms with E-state index in [9.17, 15) is 14.0 Å². The van der Waals surface area contributed by atoms with Crippen molar-refractivity contribution in [3.8, 4) is 0 Å². The van der Waals surface area contributed by atoms with Gasteiger partial charge < -0.3 is 10.6 Å². The van der Waals surface area contributed by atoms with Gasteiger partial charge in [0, 0.05) is 12.0 Å². The predicted molar refractivity (Wildman–Crippen MR) is 96.7 cm³/mol. The second kappa shape index (κ2) is 7.01. The average Bonchev–Trinajstić information content (AvgIpc) is 2.60. The number of benzene rings is 1. The van der Waals surface area contributed by atoms with Crippen LogP contribution in [0.3, 0.4) is 0 Å². The van der Waals surface area contributed by atoms with Gasteiger partial charge in [-0.3, -0.25) is 9.59 Å². The molecule has 0 unspecified atom stereocenters.